The molecule has 1 aromatic heterocycles. The first kappa shape index (κ1) is 13.2. The summed E-state index contributed by atoms with van der Waals surface area (Å²) in [5.74, 6) is 0.537. The summed E-state index contributed by atoms with van der Waals surface area (Å²) in [6.45, 7) is 11.0. The summed E-state index contributed by atoms with van der Waals surface area (Å²) in [5, 5.41) is 0. The lowest BCUT2D eigenvalue weighted by Crippen LogP contribution is -2.09. The number of nitrogens with zero attached hydrogens (tertiary/aromatic N) is 2. The average Bonchev–Trinajstić information content (AvgIpc) is 2.52. The molecule has 0 aliphatic rings. The normalized spacial score (nSPS) is 10.1. The van der Waals surface area contributed by atoms with Crippen molar-refractivity contribution in [2.45, 2.75) is 26.9 Å². The molecule has 0 atom stereocenters. The summed E-state index contributed by atoms with van der Waals surface area (Å²) >= 11 is 0. The smallest absolute Gasteiger partial charge is 0.333 e. The monoisotopic (exact) mass is 234 g/mol. The van der Waals surface area contributed by atoms with Crippen molar-refractivity contribution < 1.29 is 9.53 Å². The number of aromatic nitrogens is 2. The van der Waals surface area contributed by atoms with Gasteiger partial charge in [0.15, 0.2) is 0 Å². The quantitative estimate of drug-likeness (QED) is 0.445. The molecule has 0 aromatic carbocycles. The standard InChI is InChI=1S/C13H18N2O2/c1-6-7-12-14-10(4)11(15(12)5)8-17-13(16)9(2)3/h6H,1-2,7-8H2,3-5H3. The fraction of sp³-hybridized carbons (Fsp3) is 0.385. The van der Waals surface area contributed by atoms with E-state index in [1.807, 2.05) is 18.5 Å². The van der Waals surface area contributed by atoms with Crippen LogP contribution in [0.2, 0.25) is 0 Å². The van der Waals surface area contributed by atoms with Gasteiger partial charge in [0, 0.05) is 19.0 Å². The van der Waals surface area contributed by atoms with Crippen LogP contribution in [0.15, 0.2) is 24.8 Å². The number of allylic oxidation sites excluding steroid dienone is 1. The summed E-state index contributed by atoms with van der Waals surface area (Å²) < 4.78 is 7.05. The Bertz CT molecular complexity index is 458. The van der Waals surface area contributed by atoms with Crippen molar-refractivity contribution in [3.63, 3.8) is 0 Å². The van der Waals surface area contributed by atoms with Gasteiger partial charge >= 0.3 is 5.97 Å². The van der Waals surface area contributed by atoms with Crippen LogP contribution in [0.5, 0.6) is 0 Å². The SMILES string of the molecule is C=CCc1nc(C)c(COC(=O)C(=C)C)n1C. The minimum Gasteiger partial charge on any atom is -0.456 e. The maximum atomic E-state index is 11.3. The first-order valence-electron chi connectivity index (χ1n) is 5.42. The van der Waals surface area contributed by atoms with Crippen molar-refractivity contribution in [2.75, 3.05) is 0 Å². The van der Waals surface area contributed by atoms with Crippen LogP contribution in [0, 0.1) is 6.92 Å². The lowest BCUT2D eigenvalue weighted by Gasteiger charge is -2.07. The molecule has 0 amide bonds. The molecule has 0 spiro atoms. The van der Waals surface area contributed by atoms with Crippen LogP contribution in [-0.2, 0) is 29.6 Å². The Balaban J connectivity index is 2.81. The van der Waals surface area contributed by atoms with E-state index in [9.17, 15) is 4.79 Å². The predicted molar refractivity (Wildman–Crippen MR) is 66.5 cm³/mol. The minimum atomic E-state index is -0.379. The van der Waals surface area contributed by atoms with Crippen LogP contribution < -0.4 is 0 Å². The third kappa shape index (κ3) is 3.06. The number of carbonyl (C=O) groups is 1. The molecule has 92 valence electrons. The number of hydrogen-bond donors (Lipinski definition) is 0. The predicted octanol–water partition coefficient (Wildman–Crippen LogP) is 2.08. The molecule has 4 nitrogen and oxygen atoms in total. The van der Waals surface area contributed by atoms with Crippen molar-refractivity contribution in [3.05, 3.63) is 42.0 Å². The van der Waals surface area contributed by atoms with Crippen molar-refractivity contribution in [2.24, 2.45) is 7.05 Å². The van der Waals surface area contributed by atoms with Gasteiger partial charge < -0.3 is 9.30 Å². The van der Waals surface area contributed by atoms with Crippen molar-refractivity contribution in [1.82, 2.24) is 9.55 Å². The van der Waals surface area contributed by atoms with Gasteiger partial charge in [-0.25, -0.2) is 9.78 Å². The number of carbonyl (C=O) groups excluding carboxylic acids is 1. The molecule has 0 saturated heterocycles. The van der Waals surface area contributed by atoms with Crippen LogP contribution in [0.3, 0.4) is 0 Å². The van der Waals surface area contributed by atoms with Crippen LogP contribution in [0.25, 0.3) is 0 Å². The zero-order valence-electron chi connectivity index (χ0n) is 10.6. The summed E-state index contributed by atoms with van der Waals surface area (Å²) in [5.41, 5.74) is 2.17. The second kappa shape index (κ2) is 5.48. The van der Waals surface area contributed by atoms with E-state index < -0.39 is 0 Å². The molecule has 0 aliphatic carbocycles. The van der Waals surface area contributed by atoms with Crippen LogP contribution in [-0.4, -0.2) is 15.5 Å². The first-order valence-corrected chi connectivity index (χ1v) is 5.42. The number of aryl methyl sites for hydroxylation is 1. The Hall–Kier alpha value is -1.84. The van der Waals surface area contributed by atoms with Crippen molar-refractivity contribution in [3.8, 4) is 0 Å². The van der Waals surface area contributed by atoms with Gasteiger partial charge in [0.1, 0.15) is 12.4 Å². The molecule has 0 saturated carbocycles. The molecule has 17 heavy (non-hydrogen) atoms. The van der Waals surface area contributed by atoms with E-state index in [1.165, 1.54) is 0 Å². The Morgan fingerprint density at radius 2 is 2.24 bits per heavy atom. The highest BCUT2D eigenvalue weighted by Gasteiger charge is 2.12. The van der Waals surface area contributed by atoms with Gasteiger partial charge in [0.25, 0.3) is 0 Å². The first-order chi connectivity index (χ1) is 7.97. The number of imidazole rings is 1. The largest absolute Gasteiger partial charge is 0.456 e. The number of rotatable bonds is 5. The highest BCUT2D eigenvalue weighted by molar-refractivity contribution is 5.86. The lowest BCUT2D eigenvalue weighted by atomic mass is 10.3. The number of ether oxygens (including phenoxy) is 1. The molecule has 1 rings (SSSR count). The Morgan fingerprint density at radius 3 is 2.76 bits per heavy atom. The molecule has 1 aromatic rings. The van der Waals surface area contributed by atoms with Gasteiger partial charge in [-0.05, 0) is 13.8 Å². The molecule has 1 heterocycles. The van der Waals surface area contributed by atoms with Gasteiger partial charge in [-0.3, -0.25) is 0 Å². The second-order valence-corrected chi connectivity index (χ2v) is 3.97. The van der Waals surface area contributed by atoms with Crippen LogP contribution >= 0.6 is 0 Å². The maximum Gasteiger partial charge on any atom is 0.333 e. The van der Waals surface area contributed by atoms with E-state index in [0.29, 0.717) is 12.0 Å². The Labute approximate surface area is 102 Å². The summed E-state index contributed by atoms with van der Waals surface area (Å²) in [6.07, 6.45) is 2.50. The van der Waals surface area contributed by atoms with Gasteiger partial charge in [-0.2, -0.15) is 0 Å². The van der Waals surface area contributed by atoms with E-state index in [4.69, 9.17) is 4.74 Å². The molecular weight excluding hydrogens is 216 g/mol. The zero-order chi connectivity index (χ0) is 13.0. The molecule has 0 radical (unpaired) electrons. The van der Waals surface area contributed by atoms with E-state index in [-0.39, 0.29) is 12.6 Å². The molecule has 4 heteroatoms. The van der Waals surface area contributed by atoms with Crippen molar-refractivity contribution in [1.29, 1.82) is 0 Å². The van der Waals surface area contributed by atoms with E-state index in [2.05, 4.69) is 18.1 Å². The maximum absolute atomic E-state index is 11.3. The van der Waals surface area contributed by atoms with Gasteiger partial charge in [0.05, 0.1) is 11.4 Å². The third-order valence-electron chi connectivity index (χ3n) is 2.52. The molecule has 0 fully saturated rings. The average molecular weight is 234 g/mol. The topological polar surface area (TPSA) is 44.1 Å². The highest BCUT2D eigenvalue weighted by Crippen LogP contribution is 2.12. The third-order valence-corrected chi connectivity index (χ3v) is 2.52. The van der Waals surface area contributed by atoms with Gasteiger partial charge in [0.2, 0.25) is 0 Å². The van der Waals surface area contributed by atoms with Crippen LogP contribution in [0.4, 0.5) is 0 Å². The van der Waals surface area contributed by atoms with E-state index in [0.717, 1.165) is 17.2 Å². The van der Waals surface area contributed by atoms with E-state index >= 15 is 0 Å². The molecule has 0 N–H and O–H groups in total. The summed E-state index contributed by atoms with van der Waals surface area (Å²) in [7, 11) is 1.91. The van der Waals surface area contributed by atoms with Gasteiger partial charge in [-0.15, -0.1) is 6.58 Å². The Kier molecular flexibility index (Phi) is 4.26. The molecule has 0 bridgehead atoms. The fourth-order valence-corrected chi connectivity index (χ4v) is 1.50. The van der Waals surface area contributed by atoms with E-state index in [1.54, 1.807) is 13.0 Å². The lowest BCUT2D eigenvalue weighted by molar-refractivity contribution is -0.140. The molecular formula is C13H18N2O2. The number of esters is 1. The fourth-order valence-electron chi connectivity index (χ4n) is 1.50. The Morgan fingerprint density at radius 1 is 1.59 bits per heavy atom. The zero-order valence-corrected chi connectivity index (χ0v) is 10.6. The molecule has 0 aliphatic heterocycles. The number of hydrogen-bond acceptors (Lipinski definition) is 3. The molecule has 0 unspecified atom stereocenters. The second-order valence-electron chi connectivity index (χ2n) is 3.97. The minimum absolute atomic E-state index is 0.220. The highest BCUT2D eigenvalue weighted by atomic mass is 16.5. The van der Waals surface area contributed by atoms with Crippen molar-refractivity contribution >= 4 is 5.97 Å². The van der Waals surface area contributed by atoms with Crippen LogP contribution in [0.1, 0.15) is 24.1 Å². The van der Waals surface area contributed by atoms with Gasteiger partial charge in [-0.1, -0.05) is 12.7 Å². The summed E-state index contributed by atoms with van der Waals surface area (Å²) in [6, 6.07) is 0. The summed E-state index contributed by atoms with van der Waals surface area (Å²) in [4.78, 5) is 15.7.